The monoisotopic (exact) mass is 501 g/mol. The first-order valence-corrected chi connectivity index (χ1v) is 12.6. The lowest BCUT2D eigenvalue weighted by atomic mass is 10.1. The van der Waals surface area contributed by atoms with Crippen LogP contribution in [0.3, 0.4) is 0 Å². The van der Waals surface area contributed by atoms with Crippen molar-refractivity contribution in [1.82, 2.24) is 4.31 Å². The van der Waals surface area contributed by atoms with E-state index in [1.165, 1.54) is 34.6 Å². The zero-order valence-corrected chi connectivity index (χ0v) is 20.9. The molecule has 1 atom stereocenters. The van der Waals surface area contributed by atoms with E-state index in [0.29, 0.717) is 17.7 Å². The van der Waals surface area contributed by atoms with Gasteiger partial charge in [0.1, 0.15) is 11.6 Å². The van der Waals surface area contributed by atoms with E-state index in [9.17, 15) is 22.0 Å². The molecule has 0 radical (unpaired) electrons. The summed E-state index contributed by atoms with van der Waals surface area (Å²) >= 11 is 0. The Balaban J connectivity index is 1.98. The van der Waals surface area contributed by atoms with Crippen molar-refractivity contribution in [3.8, 4) is 0 Å². The van der Waals surface area contributed by atoms with Crippen LogP contribution in [-0.2, 0) is 16.6 Å². The van der Waals surface area contributed by atoms with Crippen LogP contribution in [0, 0.1) is 11.6 Å². The van der Waals surface area contributed by atoms with E-state index in [1.807, 2.05) is 32.8 Å². The number of carbonyl (C=O) groups excluding carboxylic acids is 1. The summed E-state index contributed by atoms with van der Waals surface area (Å²) in [4.78, 5) is 14.5. The Kier molecular flexibility index (Phi) is 8.24. The van der Waals surface area contributed by atoms with Crippen LogP contribution in [0.1, 0.15) is 36.2 Å². The van der Waals surface area contributed by atoms with Crippen molar-refractivity contribution in [2.45, 2.75) is 37.8 Å². The Morgan fingerprint density at radius 3 is 2.26 bits per heavy atom. The molecule has 0 aliphatic heterocycles. The van der Waals surface area contributed by atoms with Gasteiger partial charge in [0.2, 0.25) is 10.0 Å². The third-order valence-electron chi connectivity index (χ3n) is 5.73. The number of benzene rings is 3. The van der Waals surface area contributed by atoms with Crippen molar-refractivity contribution >= 4 is 27.3 Å². The number of nitrogens with one attached hydrogen (secondary N) is 1. The van der Waals surface area contributed by atoms with Gasteiger partial charge in [-0.1, -0.05) is 13.0 Å². The molecular formula is C26H29F2N3O3S. The Morgan fingerprint density at radius 1 is 0.971 bits per heavy atom. The molecule has 35 heavy (non-hydrogen) atoms. The second-order valence-corrected chi connectivity index (χ2v) is 10.4. The highest BCUT2D eigenvalue weighted by atomic mass is 32.2. The Morgan fingerprint density at radius 2 is 1.66 bits per heavy atom. The van der Waals surface area contributed by atoms with E-state index < -0.39 is 27.6 Å². The van der Waals surface area contributed by atoms with Crippen molar-refractivity contribution in [3.63, 3.8) is 0 Å². The van der Waals surface area contributed by atoms with E-state index >= 15 is 0 Å². The van der Waals surface area contributed by atoms with E-state index in [-0.39, 0.29) is 23.0 Å². The molecule has 0 aliphatic carbocycles. The van der Waals surface area contributed by atoms with Crippen LogP contribution in [0.15, 0.2) is 71.6 Å². The maximum Gasteiger partial charge on any atom is 0.255 e. The second-order valence-electron chi connectivity index (χ2n) is 8.46. The van der Waals surface area contributed by atoms with Gasteiger partial charge in [-0.15, -0.1) is 0 Å². The first kappa shape index (κ1) is 26.3. The summed E-state index contributed by atoms with van der Waals surface area (Å²) in [5, 5.41) is 2.75. The predicted octanol–water partition coefficient (Wildman–Crippen LogP) is 5.27. The smallest absolute Gasteiger partial charge is 0.255 e. The Labute approximate surface area is 205 Å². The number of halogens is 2. The molecule has 0 fully saturated rings. The van der Waals surface area contributed by atoms with Gasteiger partial charge in [0.25, 0.3) is 5.91 Å². The minimum atomic E-state index is -3.93. The van der Waals surface area contributed by atoms with Crippen LogP contribution in [0.25, 0.3) is 0 Å². The van der Waals surface area contributed by atoms with Gasteiger partial charge in [0.05, 0.1) is 4.90 Å². The number of amides is 1. The van der Waals surface area contributed by atoms with Gasteiger partial charge in [0.15, 0.2) is 0 Å². The van der Waals surface area contributed by atoms with Gasteiger partial charge in [-0.3, -0.25) is 4.79 Å². The average Bonchev–Trinajstić information content (AvgIpc) is 2.82. The molecule has 0 aromatic heterocycles. The summed E-state index contributed by atoms with van der Waals surface area (Å²) < 4.78 is 55.3. The van der Waals surface area contributed by atoms with E-state index in [4.69, 9.17) is 0 Å². The Hall–Kier alpha value is -3.30. The van der Waals surface area contributed by atoms with E-state index in [0.717, 1.165) is 23.9 Å². The molecule has 6 nitrogen and oxygen atoms in total. The normalized spacial score (nSPS) is 12.4. The number of rotatable bonds is 9. The van der Waals surface area contributed by atoms with Crippen LogP contribution in [0.4, 0.5) is 20.2 Å². The van der Waals surface area contributed by atoms with Crippen molar-refractivity contribution in [2.75, 3.05) is 24.3 Å². The molecule has 0 saturated heterocycles. The summed E-state index contributed by atoms with van der Waals surface area (Å²) in [5.74, 6) is -1.52. The summed E-state index contributed by atoms with van der Waals surface area (Å²) in [7, 11) is -0.256. The van der Waals surface area contributed by atoms with Crippen molar-refractivity contribution in [2.24, 2.45) is 0 Å². The van der Waals surface area contributed by atoms with Crippen LogP contribution in [0.5, 0.6) is 0 Å². The largest absolute Gasteiger partial charge is 0.377 e. The lowest BCUT2D eigenvalue weighted by Gasteiger charge is -2.30. The average molecular weight is 502 g/mol. The van der Waals surface area contributed by atoms with Gasteiger partial charge < -0.3 is 10.2 Å². The fraction of sp³-hybridized carbons (Fsp3) is 0.269. The first-order chi connectivity index (χ1) is 16.5. The lowest BCUT2D eigenvalue weighted by Crippen LogP contribution is -2.38. The molecule has 0 spiro atoms. The molecule has 1 unspecified atom stereocenters. The predicted molar refractivity (Wildman–Crippen MR) is 134 cm³/mol. The second kappa shape index (κ2) is 11.0. The molecule has 0 heterocycles. The minimum Gasteiger partial charge on any atom is -0.377 e. The summed E-state index contributed by atoms with van der Waals surface area (Å²) in [6, 6.07) is 15.0. The van der Waals surface area contributed by atoms with Gasteiger partial charge >= 0.3 is 0 Å². The van der Waals surface area contributed by atoms with E-state index in [1.54, 1.807) is 18.2 Å². The summed E-state index contributed by atoms with van der Waals surface area (Å²) in [5.41, 5.74) is 2.06. The molecule has 0 bridgehead atoms. The lowest BCUT2D eigenvalue weighted by molar-refractivity contribution is 0.102. The van der Waals surface area contributed by atoms with Crippen molar-refractivity contribution in [1.29, 1.82) is 0 Å². The van der Waals surface area contributed by atoms with Gasteiger partial charge in [-0.2, -0.15) is 4.31 Å². The fourth-order valence-corrected chi connectivity index (χ4v) is 5.33. The van der Waals surface area contributed by atoms with Gasteiger partial charge in [-0.25, -0.2) is 17.2 Å². The van der Waals surface area contributed by atoms with Crippen LogP contribution in [-0.4, -0.2) is 38.8 Å². The topological polar surface area (TPSA) is 69.7 Å². The third kappa shape index (κ3) is 6.23. The molecule has 3 aromatic rings. The van der Waals surface area contributed by atoms with Gasteiger partial charge in [0, 0.05) is 43.6 Å². The van der Waals surface area contributed by atoms with Crippen molar-refractivity contribution in [3.05, 3.63) is 89.5 Å². The third-order valence-corrected chi connectivity index (χ3v) is 7.71. The number of hydrogen-bond donors (Lipinski definition) is 1. The van der Waals surface area contributed by atoms with E-state index in [2.05, 4.69) is 5.32 Å². The minimum absolute atomic E-state index is 0.00108. The molecule has 0 aliphatic rings. The highest BCUT2D eigenvalue weighted by molar-refractivity contribution is 7.89. The zero-order chi connectivity index (χ0) is 25.8. The highest BCUT2D eigenvalue weighted by Crippen LogP contribution is 2.29. The molecule has 1 amide bonds. The maximum atomic E-state index is 13.5. The number of hydrogen-bond acceptors (Lipinski definition) is 4. The molecule has 186 valence electrons. The number of anilines is 2. The number of nitrogens with zero attached hydrogens (tertiary/aromatic N) is 2. The van der Waals surface area contributed by atoms with Crippen molar-refractivity contribution < 1.29 is 22.0 Å². The fourth-order valence-electron chi connectivity index (χ4n) is 3.65. The molecule has 9 heteroatoms. The number of sulfonamides is 1. The standard InChI is InChI=1S/C26H29F2N3O3S/c1-5-18(2)31(35(33,34)24-12-9-21(27)10-13-24)17-20-16-23(11-14-25(20)30(3)4)29-26(32)19-7-6-8-22(28)15-19/h6-16,18H,5,17H2,1-4H3,(H,29,32). The van der Waals surface area contributed by atoms with Crippen LogP contribution >= 0.6 is 0 Å². The molecule has 3 rings (SSSR count). The molecule has 0 saturated carbocycles. The Bertz CT molecular complexity index is 1300. The van der Waals surface area contributed by atoms with Gasteiger partial charge in [-0.05, 0) is 79.6 Å². The molecule has 1 N–H and O–H groups in total. The zero-order valence-electron chi connectivity index (χ0n) is 20.1. The molecular weight excluding hydrogens is 472 g/mol. The number of carbonyl (C=O) groups is 1. The van der Waals surface area contributed by atoms with Crippen LogP contribution in [0.2, 0.25) is 0 Å². The first-order valence-electron chi connectivity index (χ1n) is 11.2. The van der Waals surface area contributed by atoms with Crippen LogP contribution < -0.4 is 10.2 Å². The highest BCUT2D eigenvalue weighted by Gasteiger charge is 2.29. The maximum absolute atomic E-state index is 13.5. The summed E-state index contributed by atoms with van der Waals surface area (Å²) in [6.07, 6.45) is 0.563. The SMILES string of the molecule is CCC(C)N(Cc1cc(NC(=O)c2cccc(F)c2)ccc1N(C)C)S(=O)(=O)c1ccc(F)cc1. The summed E-state index contributed by atoms with van der Waals surface area (Å²) in [6.45, 7) is 3.73. The molecule has 3 aromatic carbocycles. The quantitative estimate of drug-likeness (QED) is 0.434.